The summed E-state index contributed by atoms with van der Waals surface area (Å²) in [5.74, 6) is 0. The fraction of sp³-hybridized carbons (Fsp3) is 1.00. The van der Waals surface area contributed by atoms with E-state index in [0.717, 1.165) is 25.7 Å². The molecule has 0 heterocycles. The van der Waals surface area contributed by atoms with Gasteiger partial charge >= 0.3 is 0 Å². The quantitative estimate of drug-likeness (QED) is 0.788. The van der Waals surface area contributed by atoms with Crippen molar-refractivity contribution in [2.45, 2.75) is 57.7 Å². The molecule has 16 heavy (non-hydrogen) atoms. The average molecular weight is 249 g/mol. The number of nitrogens with one attached hydrogen (secondary N) is 1. The lowest BCUT2D eigenvalue weighted by Crippen LogP contribution is -2.43. The second-order valence-electron chi connectivity index (χ2n) is 5.59. The lowest BCUT2D eigenvalue weighted by Gasteiger charge is -2.34. The van der Waals surface area contributed by atoms with Gasteiger partial charge in [0, 0.05) is 6.04 Å². The molecule has 0 bridgehead atoms. The molecule has 0 aliphatic heterocycles. The Labute approximate surface area is 98.5 Å². The summed E-state index contributed by atoms with van der Waals surface area (Å²) in [6.07, 6.45) is 3.89. The van der Waals surface area contributed by atoms with E-state index in [-0.39, 0.29) is 12.6 Å². The highest BCUT2D eigenvalue weighted by atomic mass is 32.2. The first-order chi connectivity index (χ1) is 7.27. The molecule has 5 heteroatoms. The normalized spacial score (nSPS) is 24.2. The predicted molar refractivity (Wildman–Crippen MR) is 64.6 cm³/mol. The molecule has 0 amide bonds. The number of aliphatic hydroxyl groups excluding tert-OH is 1. The summed E-state index contributed by atoms with van der Waals surface area (Å²) in [4.78, 5) is 0. The Morgan fingerprint density at radius 1 is 1.38 bits per heavy atom. The minimum atomic E-state index is -3.35. The van der Waals surface area contributed by atoms with E-state index in [1.165, 1.54) is 6.92 Å². The van der Waals surface area contributed by atoms with Crippen LogP contribution in [0.4, 0.5) is 0 Å². The summed E-state index contributed by atoms with van der Waals surface area (Å²) in [6, 6.07) is 0.0482. The second kappa shape index (κ2) is 5.02. The zero-order valence-corrected chi connectivity index (χ0v) is 11.2. The molecule has 1 fully saturated rings. The number of aliphatic hydroxyl groups is 1. The smallest absolute Gasteiger partial charge is 0.216 e. The van der Waals surface area contributed by atoms with Gasteiger partial charge in [-0.05, 0) is 38.0 Å². The van der Waals surface area contributed by atoms with E-state index < -0.39 is 15.3 Å². The van der Waals surface area contributed by atoms with Gasteiger partial charge < -0.3 is 5.11 Å². The van der Waals surface area contributed by atoms with Crippen molar-refractivity contribution in [3.63, 3.8) is 0 Å². The number of hydrogen-bond donors (Lipinski definition) is 2. The molecular weight excluding hydrogens is 226 g/mol. The van der Waals surface area contributed by atoms with Crippen molar-refractivity contribution in [2.75, 3.05) is 6.61 Å². The average Bonchev–Trinajstić information content (AvgIpc) is 2.20. The third kappa shape index (κ3) is 3.71. The number of rotatable bonds is 4. The van der Waals surface area contributed by atoms with Crippen molar-refractivity contribution < 1.29 is 13.5 Å². The summed E-state index contributed by atoms with van der Waals surface area (Å²) in [5.41, 5.74) is 0.338. The van der Waals surface area contributed by atoms with Crippen LogP contribution in [-0.2, 0) is 10.0 Å². The van der Waals surface area contributed by atoms with Crippen LogP contribution in [0.1, 0.15) is 46.5 Å². The van der Waals surface area contributed by atoms with Gasteiger partial charge in [-0.2, -0.15) is 0 Å². The summed E-state index contributed by atoms with van der Waals surface area (Å²) < 4.78 is 26.1. The minimum Gasteiger partial charge on any atom is -0.395 e. The maximum Gasteiger partial charge on any atom is 0.216 e. The molecule has 1 aliphatic rings. The fourth-order valence-corrected chi connectivity index (χ4v) is 3.09. The van der Waals surface area contributed by atoms with Gasteiger partial charge in [0.05, 0.1) is 11.9 Å². The van der Waals surface area contributed by atoms with E-state index in [1.807, 2.05) is 0 Å². The van der Waals surface area contributed by atoms with Crippen LogP contribution in [0.5, 0.6) is 0 Å². The molecule has 0 saturated heterocycles. The van der Waals surface area contributed by atoms with Gasteiger partial charge in [0.2, 0.25) is 10.0 Å². The van der Waals surface area contributed by atoms with Crippen molar-refractivity contribution in [3.8, 4) is 0 Å². The number of hydrogen-bond acceptors (Lipinski definition) is 3. The lowest BCUT2D eigenvalue weighted by molar-refractivity contribution is 0.217. The van der Waals surface area contributed by atoms with Gasteiger partial charge in [-0.25, -0.2) is 13.1 Å². The molecule has 1 aliphatic carbocycles. The number of sulfonamides is 1. The second-order valence-corrected chi connectivity index (χ2v) is 7.72. The van der Waals surface area contributed by atoms with Gasteiger partial charge in [-0.1, -0.05) is 13.8 Å². The van der Waals surface area contributed by atoms with Crippen LogP contribution in [0.2, 0.25) is 0 Å². The molecule has 0 aromatic rings. The largest absolute Gasteiger partial charge is 0.395 e. The Bertz CT molecular complexity index is 314. The Kier molecular flexibility index (Phi) is 4.37. The van der Waals surface area contributed by atoms with Crippen molar-refractivity contribution in [2.24, 2.45) is 5.41 Å². The molecule has 0 spiro atoms. The maximum atomic E-state index is 11.7. The van der Waals surface area contributed by atoms with Gasteiger partial charge in [0.25, 0.3) is 0 Å². The highest BCUT2D eigenvalue weighted by molar-refractivity contribution is 7.90. The Morgan fingerprint density at radius 3 is 2.31 bits per heavy atom. The SMILES string of the molecule is CC(CO)S(=O)(=O)NC1CCC(C)(C)CC1. The maximum absolute atomic E-state index is 11.7. The monoisotopic (exact) mass is 249 g/mol. The standard InChI is InChI=1S/C11H23NO3S/c1-9(8-13)16(14,15)12-10-4-6-11(2,3)7-5-10/h9-10,12-13H,4-8H2,1-3H3. The van der Waals surface area contributed by atoms with Gasteiger partial charge in [0.1, 0.15) is 0 Å². The van der Waals surface area contributed by atoms with Crippen LogP contribution in [-0.4, -0.2) is 31.4 Å². The Morgan fingerprint density at radius 2 is 1.88 bits per heavy atom. The summed E-state index contributed by atoms with van der Waals surface area (Å²) in [7, 11) is -3.35. The van der Waals surface area contributed by atoms with E-state index in [2.05, 4.69) is 18.6 Å². The summed E-state index contributed by atoms with van der Waals surface area (Å²) in [5, 5.41) is 8.14. The van der Waals surface area contributed by atoms with E-state index in [0.29, 0.717) is 5.41 Å². The summed E-state index contributed by atoms with van der Waals surface area (Å²) in [6.45, 7) is 5.63. The third-order valence-corrected chi connectivity index (χ3v) is 5.33. The molecule has 1 saturated carbocycles. The van der Waals surface area contributed by atoms with Crippen molar-refractivity contribution in [1.82, 2.24) is 4.72 Å². The van der Waals surface area contributed by atoms with E-state index in [9.17, 15) is 8.42 Å². The van der Waals surface area contributed by atoms with Crippen LogP contribution in [0.15, 0.2) is 0 Å². The molecule has 1 unspecified atom stereocenters. The van der Waals surface area contributed by atoms with E-state index in [1.54, 1.807) is 0 Å². The highest BCUT2D eigenvalue weighted by Gasteiger charge is 2.30. The van der Waals surface area contributed by atoms with Crippen molar-refractivity contribution >= 4 is 10.0 Å². The van der Waals surface area contributed by atoms with E-state index in [4.69, 9.17) is 5.11 Å². The topological polar surface area (TPSA) is 66.4 Å². The molecule has 0 aromatic carbocycles. The molecule has 4 nitrogen and oxygen atoms in total. The first-order valence-electron chi connectivity index (χ1n) is 5.89. The zero-order chi connectivity index (χ0) is 12.4. The molecular formula is C11H23NO3S. The van der Waals surface area contributed by atoms with Crippen molar-refractivity contribution in [3.05, 3.63) is 0 Å². The first kappa shape index (κ1) is 13.9. The molecule has 0 radical (unpaired) electrons. The third-order valence-electron chi connectivity index (χ3n) is 3.46. The highest BCUT2D eigenvalue weighted by Crippen LogP contribution is 2.35. The summed E-state index contributed by atoms with van der Waals surface area (Å²) >= 11 is 0. The van der Waals surface area contributed by atoms with Crippen molar-refractivity contribution in [1.29, 1.82) is 0 Å². The van der Waals surface area contributed by atoms with Crippen LogP contribution < -0.4 is 4.72 Å². The Balaban J connectivity index is 2.51. The predicted octanol–water partition coefficient (Wildman–Crippen LogP) is 1.26. The van der Waals surface area contributed by atoms with Crippen LogP contribution in [0, 0.1) is 5.41 Å². The molecule has 96 valence electrons. The van der Waals surface area contributed by atoms with Gasteiger partial charge in [-0.3, -0.25) is 0 Å². The van der Waals surface area contributed by atoms with Gasteiger partial charge in [-0.15, -0.1) is 0 Å². The van der Waals surface area contributed by atoms with Crippen LogP contribution in [0.25, 0.3) is 0 Å². The molecule has 1 atom stereocenters. The first-order valence-corrected chi connectivity index (χ1v) is 7.43. The molecule has 0 aromatic heterocycles. The molecule has 2 N–H and O–H groups in total. The fourth-order valence-electron chi connectivity index (χ4n) is 1.96. The van der Waals surface area contributed by atoms with E-state index >= 15 is 0 Å². The molecule has 1 rings (SSSR count). The zero-order valence-electron chi connectivity index (χ0n) is 10.4. The minimum absolute atomic E-state index is 0.0482. The van der Waals surface area contributed by atoms with Gasteiger partial charge in [0.15, 0.2) is 0 Å². The Hall–Kier alpha value is -0.130. The lowest BCUT2D eigenvalue weighted by atomic mass is 9.76. The van der Waals surface area contributed by atoms with Crippen LogP contribution in [0.3, 0.4) is 0 Å². The van der Waals surface area contributed by atoms with Crippen LogP contribution >= 0.6 is 0 Å².